The van der Waals surface area contributed by atoms with Crippen LogP contribution < -0.4 is 9.47 Å². The molecule has 22 heavy (non-hydrogen) atoms. The van der Waals surface area contributed by atoms with Crippen LogP contribution in [0.1, 0.15) is 46.5 Å². The van der Waals surface area contributed by atoms with Gasteiger partial charge in [0.15, 0.2) is 6.29 Å². The smallest absolute Gasteiger partial charge is 0.160 e. The second-order valence-electron chi connectivity index (χ2n) is 5.00. The van der Waals surface area contributed by atoms with Gasteiger partial charge in [0.25, 0.3) is 0 Å². The summed E-state index contributed by atoms with van der Waals surface area (Å²) in [5, 5.41) is 0. The molecule has 126 valence electrons. The Morgan fingerprint density at radius 1 is 0.773 bits per heavy atom. The number of ether oxygens (including phenoxy) is 4. The van der Waals surface area contributed by atoms with E-state index in [1.54, 1.807) is 0 Å². The highest BCUT2D eigenvalue weighted by molar-refractivity contribution is 5.31. The number of rotatable bonds is 13. The van der Waals surface area contributed by atoms with E-state index in [4.69, 9.17) is 18.9 Å². The molecule has 0 unspecified atom stereocenters. The maximum atomic E-state index is 5.71. The molecule has 0 aliphatic heterocycles. The molecule has 1 aromatic carbocycles. The van der Waals surface area contributed by atoms with Gasteiger partial charge in [-0.25, -0.2) is 0 Å². The zero-order valence-corrected chi connectivity index (χ0v) is 14.2. The summed E-state index contributed by atoms with van der Waals surface area (Å²) in [7, 11) is 0. The maximum Gasteiger partial charge on any atom is 0.160 e. The van der Waals surface area contributed by atoms with Gasteiger partial charge < -0.3 is 18.9 Å². The van der Waals surface area contributed by atoms with Crippen molar-refractivity contribution < 1.29 is 18.9 Å². The molecule has 0 saturated heterocycles. The highest BCUT2D eigenvalue weighted by atomic mass is 16.7. The van der Waals surface area contributed by atoms with Crippen LogP contribution in [0.25, 0.3) is 0 Å². The predicted octanol–water partition coefficient (Wildman–Crippen LogP) is 4.42. The molecule has 0 aromatic heterocycles. The van der Waals surface area contributed by atoms with Gasteiger partial charge in [-0.2, -0.15) is 0 Å². The Morgan fingerprint density at radius 3 is 1.82 bits per heavy atom. The maximum absolute atomic E-state index is 5.71. The Balaban J connectivity index is 2.25. The van der Waals surface area contributed by atoms with Crippen molar-refractivity contribution in [3.8, 4) is 11.5 Å². The number of benzene rings is 1. The summed E-state index contributed by atoms with van der Waals surface area (Å²) in [4.78, 5) is 0. The average molecular weight is 310 g/mol. The lowest BCUT2D eigenvalue weighted by atomic mass is 10.3. The van der Waals surface area contributed by atoms with Crippen LogP contribution in [0.2, 0.25) is 0 Å². The molecule has 1 aromatic rings. The van der Waals surface area contributed by atoms with E-state index in [0.29, 0.717) is 19.8 Å². The van der Waals surface area contributed by atoms with Crippen molar-refractivity contribution in [2.75, 3.05) is 26.4 Å². The summed E-state index contributed by atoms with van der Waals surface area (Å²) >= 11 is 0. The lowest BCUT2D eigenvalue weighted by Gasteiger charge is -2.17. The van der Waals surface area contributed by atoms with Crippen molar-refractivity contribution >= 4 is 0 Å². The molecule has 0 radical (unpaired) electrons. The van der Waals surface area contributed by atoms with E-state index in [-0.39, 0.29) is 6.29 Å². The van der Waals surface area contributed by atoms with Crippen LogP contribution in [-0.2, 0) is 9.47 Å². The van der Waals surface area contributed by atoms with Gasteiger partial charge in [-0.1, -0.05) is 19.8 Å². The monoisotopic (exact) mass is 310 g/mol. The van der Waals surface area contributed by atoms with Gasteiger partial charge in [0.05, 0.1) is 13.2 Å². The minimum atomic E-state index is -0.184. The largest absolute Gasteiger partial charge is 0.494 e. The van der Waals surface area contributed by atoms with E-state index >= 15 is 0 Å². The molecule has 4 heteroatoms. The van der Waals surface area contributed by atoms with Crippen molar-refractivity contribution in [3.05, 3.63) is 24.3 Å². The van der Waals surface area contributed by atoms with Crippen LogP contribution in [0.5, 0.6) is 11.5 Å². The van der Waals surface area contributed by atoms with Crippen molar-refractivity contribution in [3.63, 3.8) is 0 Å². The number of unbranched alkanes of at least 4 members (excludes halogenated alkanes) is 2. The van der Waals surface area contributed by atoms with Gasteiger partial charge in [-0.3, -0.25) is 0 Å². The van der Waals surface area contributed by atoms with Crippen LogP contribution in [0, 0.1) is 0 Å². The van der Waals surface area contributed by atoms with Crippen LogP contribution >= 0.6 is 0 Å². The SMILES string of the molecule is CCCCCOc1ccc(OCCC(OCC)OCC)cc1. The second kappa shape index (κ2) is 12.3. The Hall–Kier alpha value is -1.26. The van der Waals surface area contributed by atoms with Crippen LogP contribution in [0.4, 0.5) is 0 Å². The van der Waals surface area contributed by atoms with Crippen molar-refractivity contribution in [1.82, 2.24) is 0 Å². The Kier molecular flexibility index (Phi) is 10.5. The molecular weight excluding hydrogens is 280 g/mol. The summed E-state index contributed by atoms with van der Waals surface area (Å²) < 4.78 is 22.3. The fourth-order valence-electron chi connectivity index (χ4n) is 2.03. The van der Waals surface area contributed by atoms with E-state index in [1.807, 2.05) is 38.1 Å². The topological polar surface area (TPSA) is 36.9 Å². The molecule has 1 rings (SSSR count). The van der Waals surface area contributed by atoms with E-state index < -0.39 is 0 Å². The molecule has 0 spiro atoms. The first kappa shape index (κ1) is 18.8. The van der Waals surface area contributed by atoms with E-state index in [2.05, 4.69) is 6.92 Å². The summed E-state index contributed by atoms with van der Waals surface area (Å²) in [6.07, 6.45) is 4.06. The first-order valence-electron chi connectivity index (χ1n) is 8.39. The number of hydrogen-bond acceptors (Lipinski definition) is 4. The van der Waals surface area contributed by atoms with Crippen molar-refractivity contribution in [2.45, 2.75) is 52.7 Å². The zero-order chi connectivity index (χ0) is 16.0. The highest BCUT2D eigenvalue weighted by Gasteiger charge is 2.07. The van der Waals surface area contributed by atoms with Crippen molar-refractivity contribution in [1.29, 1.82) is 0 Å². The summed E-state index contributed by atoms with van der Waals surface area (Å²) in [6.45, 7) is 8.76. The predicted molar refractivity (Wildman–Crippen MR) is 88.6 cm³/mol. The number of hydrogen-bond donors (Lipinski definition) is 0. The first-order chi connectivity index (χ1) is 10.8. The van der Waals surface area contributed by atoms with Gasteiger partial charge >= 0.3 is 0 Å². The van der Waals surface area contributed by atoms with Gasteiger partial charge in [0.2, 0.25) is 0 Å². The molecule has 0 heterocycles. The van der Waals surface area contributed by atoms with Gasteiger partial charge in [0.1, 0.15) is 11.5 Å². The third-order valence-electron chi connectivity index (χ3n) is 3.17. The lowest BCUT2D eigenvalue weighted by Crippen LogP contribution is -2.20. The van der Waals surface area contributed by atoms with E-state index in [0.717, 1.165) is 30.9 Å². The minimum Gasteiger partial charge on any atom is -0.494 e. The van der Waals surface area contributed by atoms with Crippen LogP contribution in [-0.4, -0.2) is 32.7 Å². The van der Waals surface area contributed by atoms with Crippen molar-refractivity contribution in [2.24, 2.45) is 0 Å². The van der Waals surface area contributed by atoms with Crippen LogP contribution in [0.3, 0.4) is 0 Å². The standard InChI is InChI=1S/C18H30O4/c1-4-7-8-14-21-16-9-11-17(12-10-16)22-15-13-18(19-5-2)20-6-3/h9-12,18H,4-8,13-15H2,1-3H3. The van der Waals surface area contributed by atoms with Crippen LogP contribution in [0.15, 0.2) is 24.3 Å². The first-order valence-corrected chi connectivity index (χ1v) is 8.39. The van der Waals surface area contributed by atoms with Gasteiger partial charge in [-0.05, 0) is 44.5 Å². The van der Waals surface area contributed by atoms with Gasteiger partial charge in [0, 0.05) is 19.6 Å². The zero-order valence-electron chi connectivity index (χ0n) is 14.2. The minimum absolute atomic E-state index is 0.184. The highest BCUT2D eigenvalue weighted by Crippen LogP contribution is 2.18. The normalized spacial score (nSPS) is 10.9. The molecule has 0 bridgehead atoms. The molecule has 0 fully saturated rings. The fraction of sp³-hybridized carbons (Fsp3) is 0.667. The Morgan fingerprint density at radius 2 is 1.32 bits per heavy atom. The molecule has 0 N–H and O–H groups in total. The third-order valence-corrected chi connectivity index (χ3v) is 3.17. The quantitative estimate of drug-likeness (QED) is 0.399. The Bertz CT molecular complexity index is 358. The third kappa shape index (κ3) is 8.25. The van der Waals surface area contributed by atoms with Gasteiger partial charge in [-0.15, -0.1) is 0 Å². The molecule has 0 amide bonds. The summed E-state index contributed by atoms with van der Waals surface area (Å²) in [5.74, 6) is 1.73. The molecular formula is C18H30O4. The summed E-state index contributed by atoms with van der Waals surface area (Å²) in [6, 6.07) is 7.77. The van der Waals surface area contributed by atoms with E-state index in [1.165, 1.54) is 12.8 Å². The average Bonchev–Trinajstić information content (AvgIpc) is 2.53. The molecule has 0 saturated carbocycles. The lowest BCUT2D eigenvalue weighted by molar-refractivity contribution is -0.142. The molecule has 0 aliphatic carbocycles. The molecule has 0 aliphatic rings. The fourth-order valence-corrected chi connectivity index (χ4v) is 2.03. The molecule has 4 nitrogen and oxygen atoms in total. The second-order valence-corrected chi connectivity index (χ2v) is 5.00. The molecule has 0 atom stereocenters. The Labute approximate surface area is 134 Å². The van der Waals surface area contributed by atoms with E-state index in [9.17, 15) is 0 Å². The summed E-state index contributed by atoms with van der Waals surface area (Å²) in [5.41, 5.74) is 0.